The molecule has 1 amide bonds. The number of nitrogens with two attached hydrogens (primary N) is 1. The molecule has 0 bridgehead atoms. The maximum Gasteiger partial charge on any atom is 0.471 e. The normalized spacial score (nSPS) is 15.6. The Kier molecular flexibility index (Phi) is 2.73. The smallest absolute Gasteiger partial charge is 0.398 e. The predicted octanol–water partition coefficient (Wildman–Crippen LogP) is 1.72. The Balaban J connectivity index is 2.25. The van der Waals surface area contributed by atoms with Gasteiger partial charge >= 0.3 is 12.1 Å². The zero-order chi connectivity index (χ0) is 12.6. The van der Waals surface area contributed by atoms with Gasteiger partial charge in [-0.15, -0.1) is 0 Å². The minimum Gasteiger partial charge on any atom is -0.398 e. The summed E-state index contributed by atoms with van der Waals surface area (Å²) < 4.78 is 36.9. The van der Waals surface area contributed by atoms with E-state index < -0.39 is 12.1 Å². The number of hydrogen-bond acceptors (Lipinski definition) is 2. The summed E-state index contributed by atoms with van der Waals surface area (Å²) >= 11 is 0. The van der Waals surface area contributed by atoms with Gasteiger partial charge in [-0.1, -0.05) is 12.1 Å². The molecule has 0 saturated heterocycles. The van der Waals surface area contributed by atoms with Crippen LogP contribution in [-0.2, 0) is 17.8 Å². The van der Waals surface area contributed by atoms with E-state index >= 15 is 0 Å². The van der Waals surface area contributed by atoms with Gasteiger partial charge in [0, 0.05) is 18.8 Å². The Hall–Kier alpha value is -1.72. The first-order valence-electron chi connectivity index (χ1n) is 5.12. The topological polar surface area (TPSA) is 46.3 Å². The average molecular weight is 244 g/mol. The van der Waals surface area contributed by atoms with E-state index in [1.54, 1.807) is 12.1 Å². The minimum absolute atomic E-state index is 0.0691. The van der Waals surface area contributed by atoms with Gasteiger partial charge in [0.05, 0.1) is 0 Å². The maximum atomic E-state index is 12.3. The summed E-state index contributed by atoms with van der Waals surface area (Å²) in [6.07, 6.45) is -4.41. The van der Waals surface area contributed by atoms with Gasteiger partial charge in [0.25, 0.3) is 0 Å². The van der Waals surface area contributed by atoms with Crippen molar-refractivity contribution in [1.82, 2.24) is 4.90 Å². The van der Waals surface area contributed by atoms with Crippen molar-refractivity contribution in [3.63, 3.8) is 0 Å². The van der Waals surface area contributed by atoms with Crippen molar-refractivity contribution < 1.29 is 18.0 Å². The summed E-state index contributed by atoms with van der Waals surface area (Å²) in [5, 5.41) is 0. The maximum absolute atomic E-state index is 12.3. The number of benzene rings is 1. The molecule has 1 aliphatic rings. The number of rotatable bonds is 0. The van der Waals surface area contributed by atoms with Crippen molar-refractivity contribution in [2.24, 2.45) is 0 Å². The molecule has 2 N–H and O–H groups in total. The van der Waals surface area contributed by atoms with Crippen LogP contribution in [0.1, 0.15) is 11.1 Å². The number of anilines is 1. The quantitative estimate of drug-likeness (QED) is 0.706. The van der Waals surface area contributed by atoms with Crippen LogP contribution in [0.25, 0.3) is 0 Å². The van der Waals surface area contributed by atoms with Crippen molar-refractivity contribution >= 4 is 11.6 Å². The van der Waals surface area contributed by atoms with Gasteiger partial charge in [-0.05, 0) is 23.6 Å². The van der Waals surface area contributed by atoms with Crippen LogP contribution < -0.4 is 5.73 Å². The molecule has 0 radical (unpaired) electrons. The fraction of sp³-hybridized carbons (Fsp3) is 0.364. The van der Waals surface area contributed by atoms with Crippen molar-refractivity contribution in [3.05, 3.63) is 29.3 Å². The van der Waals surface area contributed by atoms with Crippen LogP contribution >= 0.6 is 0 Å². The number of nitrogens with zero attached hydrogens (tertiary/aromatic N) is 1. The zero-order valence-corrected chi connectivity index (χ0v) is 8.92. The lowest BCUT2D eigenvalue weighted by molar-refractivity contribution is -0.186. The van der Waals surface area contributed by atoms with Gasteiger partial charge in [0.15, 0.2) is 0 Å². The number of nitrogen functional groups attached to an aromatic ring is 1. The highest BCUT2D eigenvalue weighted by Crippen LogP contribution is 2.27. The van der Waals surface area contributed by atoms with Crippen LogP contribution in [0, 0.1) is 0 Å². The Morgan fingerprint density at radius 3 is 2.71 bits per heavy atom. The van der Waals surface area contributed by atoms with Crippen LogP contribution in [0.15, 0.2) is 18.2 Å². The molecular weight excluding hydrogens is 233 g/mol. The van der Waals surface area contributed by atoms with Crippen molar-refractivity contribution in [1.29, 1.82) is 0 Å². The summed E-state index contributed by atoms with van der Waals surface area (Å²) in [6.45, 7) is 0.00907. The molecule has 1 heterocycles. The first kappa shape index (κ1) is 11.8. The molecule has 92 valence electrons. The Morgan fingerprint density at radius 2 is 2.06 bits per heavy atom. The number of hydrogen-bond donors (Lipinski definition) is 1. The second-order valence-corrected chi connectivity index (χ2v) is 3.96. The van der Waals surface area contributed by atoms with E-state index in [1.807, 2.05) is 6.07 Å². The van der Waals surface area contributed by atoms with E-state index in [9.17, 15) is 18.0 Å². The van der Waals surface area contributed by atoms with Crippen molar-refractivity contribution in [3.8, 4) is 0 Å². The van der Waals surface area contributed by atoms with Crippen LogP contribution in [0.5, 0.6) is 0 Å². The summed E-state index contributed by atoms with van der Waals surface area (Å²) in [7, 11) is 0. The number of carbonyl (C=O) groups excluding carboxylic acids is 1. The molecule has 0 fully saturated rings. The van der Waals surface area contributed by atoms with Crippen LogP contribution in [0.4, 0.5) is 18.9 Å². The van der Waals surface area contributed by atoms with E-state index in [-0.39, 0.29) is 13.1 Å². The van der Waals surface area contributed by atoms with Crippen LogP contribution in [0.3, 0.4) is 0 Å². The summed E-state index contributed by atoms with van der Waals surface area (Å²) in [4.78, 5) is 11.9. The predicted molar refractivity (Wildman–Crippen MR) is 56.0 cm³/mol. The second-order valence-electron chi connectivity index (χ2n) is 3.96. The molecule has 6 heteroatoms. The van der Waals surface area contributed by atoms with E-state index in [0.717, 1.165) is 10.5 Å². The molecule has 0 unspecified atom stereocenters. The second kappa shape index (κ2) is 3.94. The monoisotopic (exact) mass is 244 g/mol. The van der Waals surface area contributed by atoms with Gasteiger partial charge < -0.3 is 10.6 Å². The van der Waals surface area contributed by atoms with Crippen molar-refractivity contribution in [2.45, 2.75) is 19.1 Å². The van der Waals surface area contributed by atoms with Gasteiger partial charge in [-0.3, -0.25) is 4.79 Å². The fourth-order valence-corrected chi connectivity index (χ4v) is 1.96. The molecule has 1 aromatic carbocycles. The number of fused-ring (bicyclic) bond motifs is 1. The molecule has 3 nitrogen and oxygen atoms in total. The largest absolute Gasteiger partial charge is 0.471 e. The highest BCUT2D eigenvalue weighted by atomic mass is 19.4. The molecule has 0 aliphatic carbocycles. The third kappa shape index (κ3) is 2.20. The third-order valence-corrected chi connectivity index (χ3v) is 2.84. The first-order chi connectivity index (χ1) is 7.89. The molecule has 0 spiro atoms. The minimum atomic E-state index is -4.82. The van der Waals surface area contributed by atoms with Crippen LogP contribution in [-0.4, -0.2) is 23.5 Å². The Morgan fingerprint density at radius 1 is 1.35 bits per heavy atom. The lowest BCUT2D eigenvalue weighted by Crippen LogP contribution is -2.43. The molecule has 0 aromatic heterocycles. The SMILES string of the molecule is Nc1cccc2c1CN(C(=O)C(F)(F)F)CC2. The summed E-state index contributed by atoms with van der Waals surface area (Å²) in [5.41, 5.74) is 7.66. The molecular formula is C11H11F3N2O. The number of alkyl halides is 3. The number of carbonyl (C=O) groups is 1. The molecule has 1 aromatic rings. The number of amides is 1. The van der Waals surface area contributed by atoms with Gasteiger partial charge in [0.2, 0.25) is 0 Å². The van der Waals surface area contributed by atoms with Crippen LogP contribution in [0.2, 0.25) is 0 Å². The van der Waals surface area contributed by atoms with Gasteiger partial charge in [0.1, 0.15) is 0 Å². The summed E-state index contributed by atoms with van der Waals surface area (Å²) in [6, 6.07) is 5.21. The fourth-order valence-electron chi connectivity index (χ4n) is 1.96. The Bertz CT molecular complexity index is 457. The van der Waals surface area contributed by atoms with Crippen molar-refractivity contribution in [2.75, 3.05) is 12.3 Å². The standard InChI is InChI=1S/C11H11F3N2O/c12-11(13,14)10(17)16-5-4-7-2-1-3-9(15)8(7)6-16/h1-3H,4-6,15H2. The average Bonchev–Trinajstić information content (AvgIpc) is 2.27. The molecule has 2 rings (SSSR count). The van der Waals surface area contributed by atoms with Gasteiger partial charge in [-0.2, -0.15) is 13.2 Å². The van der Waals surface area contributed by atoms with E-state index in [1.165, 1.54) is 0 Å². The molecule has 0 atom stereocenters. The van der Waals surface area contributed by atoms with E-state index in [2.05, 4.69) is 0 Å². The van der Waals surface area contributed by atoms with Gasteiger partial charge in [-0.25, -0.2) is 0 Å². The lowest BCUT2D eigenvalue weighted by atomic mass is 9.98. The zero-order valence-electron chi connectivity index (χ0n) is 8.92. The molecule has 1 aliphatic heterocycles. The summed E-state index contributed by atoms with van der Waals surface area (Å²) in [5.74, 6) is -1.80. The molecule has 17 heavy (non-hydrogen) atoms. The highest BCUT2D eigenvalue weighted by molar-refractivity contribution is 5.82. The molecule has 0 saturated carbocycles. The Labute approximate surface area is 96.0 Å². The number of halogens is 3. The van der Waals surface area contributed by atoms with E-state index in [4.69, 9.17) is 5.73 Å². The first-order valence-corrected chi connectivity index (χ1v) is 5.12. The third-order valence-electron chi connectivity index (χ3n) is 2.84. The highest BCUT2D eigenvalue weighted by Gasteiger charge is 2.43. The lowest BCUT2D eigenvalue weighted by Gasteiger charge is -2.30. The van der Waals surface area contributed by atoms with E-state index in [0.29, 0.717) is 17.7 Å².